The molecular formula is C13H13FN2. The van der Waals surface area contributed by atoms with Crippen LogP contribution >= 0.6 is 0 Å². The average Bonchev–Trinajstić information content (AvgIpc) is 2.26. The Morgan fingerprint density at radius 3 is 2.69 bits per heavy atom. The molecule has 0 amide bonds. The molecule has 0 aliphatic heterocycles. The van der Waals surface area contributed by atoms with Gasteiger partial charge in [-0.25, -0.2) is 4.39 Å². The quantitative estimate of drug-likeness (QED) is 0.795. The molecule has 1 aromatic carbocycles. The lowest BCUT2D eigenvalue weighted by molar-refractivity contribution is 0.630. The highest BCUT2D eigenvalue weighted by Crippen LogP contribution is 2.28. The van der Waals surface area contributed by atoms with Crippen LogP contribution in [0.5, 0.6) is 0 Å². The van der Waals surface area contributed by atoms with Gasteiger partial charge in [0.15, 0.2) is 0 Å². The maximum atomic E-state index is 13.7. The first-order valence-electron chi connectivity index (χ1n) is 5.07. The molecule has 0 aliphatic carbocycles. The van der Waals surface area contributed by atoms with Gasteiger partial charge in [0.1, 0.15) is 5.82 Å². The molecule has 0 atom stereocenters. The Balaban J connectivity index is 2.67. The molecule has 0 fully saturated rings. The zero-order valence-electron chi connectivity index (χ0n) is 9.29. The van der Waals surface area contributed by atoms with Crippen molar-refractivity contribution < 1.29 is 4.39 Å². The minimum atomic E-state index is -0.296. The minimum Gasteiger partial charge on any atom is -0.397 e. The summed E-state index contributed by atoms with van der Waals surface area (Å²) in [4.78, 5) is 4.15. The molecule has 2 rings (SSSR count). The number of aryl methyl sites for hydroxylation is 2. The van der Waals surface area contributed by atoms with Crippen molar-refractivity contribution in [1.29, 1.82) is 0 Å². The molecule has 16 heavy (non-hydrogen) atoms. The summed E-state index contributed by atoms with van der Waals surface area (Å²) < 4.78 is 13.7. The second kappa shape index (κ2) is 3.93. The van der Waals surface area contributed by atoms with Crippen LogP contribution < -0.4 is 5.73 Å². The lowest BCUT2D eigenvalue weighted by Crippen LogP contribution is -1.98. The molecule has 2 aromatic rings. The molecule has 0 bridgehead atoms. The van der Waals surface area contributed by atoms with Crippen molar-refractivity contribution in [1.82, 2.24) is 4.98 Å². The Labute approximate surface area is 93.9 Å². The van der Waals surface area contributed by atoms with Crippen LogP contribution in [0.2, 0.25) is 0 Å². The molecule has 0 saturated carbocycles. The van der Waals surface area contributed by atoms with Crippen LogP contribution in [0.1, 0.15) is 11.1 Å². The van der Waals surface area contributed by atoms with E-state index in [-0.39, 0.29) is 5.82 Å². The highest BCUT2D eigenvalue weighted by Gasteiger charge is 2.10. The fourth-order valence-corrected chi connectivity index (χ4v) is 1.60. The largest absolute Gasteiger partial charge is 0.397 e. The maximum absolute atomic E-state index is 13.7. The number of nitrogen functional groups attached to an aromatic ring is 1. The predicted octanol–water partition coefficient (Wildman–Crippen LogP) is 3.09. The second-order valence-corrected chi connectivity index (χ2v) is 3.87. The molecule has 0 unspecified atom stereocenters. The fraction of sp³-hybridized carbons (Fsp3) is 0.154. The van der Waals surface area contributed by atoms with Crippen molar-refractivity contribution in [3.05, 3.63) is 47.4 Å². The van der Waals surface area contributed by atoms with E-state index in [4.69, 9.17) is 5.73 Å². The Hall–Kier alpha value is -1.90. The summed E-state index contributed by atoms with van der Waals surface area (Å²) in [5.41, 5.74) is 9.31. The van der Waals surface area contributed by atoms with Crippen molar-refractivity contribution in [2.45, 2.75) is 13.8 Å². The maximum Gasteiger partial charge on any atom is 0.132 e. The SMILES string of the molecule is Cc1ccc(F)c(-c2nccc(C)c2N)c1. The van der Waals surface area contributed by atoms with Gasteiger partial charge >= 0.3 is 0 Å². The molecule has 0 spiro atoms. The fourth-order valence-electron chi connectivity index (χ4n) is 1.60. The Morgan fingerprint density at radius 2 is 1.94 bits per heavy atom. The second-order valence-electron chi connectivity index (χ2n) is 3.87. The highest BCUT2D eigenvalue weighted by molar-refractivity contribution is 5.75. The van der Waals surface area contributed by atoms with Crippen LogP contribution in [0.3, 0.4) is 0 Å². The topological polar surface area (TPSA) is 38.9 Å². The molecule has 1 heterocycles. The monoisotopic (exact) mass is 216 g/mol. The van der Waals surface area contributed by atoms with Crippen LogP contribution in [0.15, 0.2) is 30.5 Å². The molecule has 3 heteroatoms. The van der Waals surface area contributed by atoms with Crippen molar-refractivity contribution in [2.75, 3.05) is 5.73 Å². The number of benzene rings is 1. The van der Waals surface area contributed by atoms with E-state index in [1.165, 1.54) is 6.07 Å². The summed E-state index contributed by atoms with van der Waals surface area (Å²) in [5, 5.41) is 0. The van der Waals surface area contributed by atoms with Crippen LogP contribution in [0.25, 0.3) is 11.3 Å². The molecule has 82 valence electrons. The van der Waals surface area contributed by atoms with Crippen molar-refractivity contribution in [2.24, 2.45) is 0 Å². The average molecular weight is 216 g/mol. The molecule has 2 nitrogen and oxygen atoms in total. The van der Waals surface area contributed by atoms with Crippen LogP contribution in [-0.4, -0.2) is 4.98 Å². The third-order valence-electron chi connectivity index (χ3n) is 2.59. The van der Waals surface area contributed by atoms with E-state index in [0.29, 0.717) is 16.9 Å². The Morgan fingerprint density at radius 1 is 1.19 bits per heavy atom. The van der Waals surface area contributed by atoms with Gasteiger partial charge in [-0.15, -0.1) is 0 Å². The van der Waals surface area contributed by atoms with Crippen LogP contribution in [0.4, 0.5) is 10.1 Å². The number of halogens is 1. The van der Waals surface area contributed by atoms with Gasteiger partial charge in [-0.2, -0.15) is 0 Å². The number of nitrogens with zero attached hydrogens (tertiary/aromatic N) is 1. The van der Waals surface area contributed by atoms with Crippen LogP contribution in [-0.2, 0) is 0 Å². The third kappa shape index (κ3) is 1.76. The third-order valence-corrected chi connectivity index (χ3v) is 2.59. The summed E-state index contributed by atoms with van der Waals surface area (Å²) in [6.07, 6.45) is 1.64. The molecule has 0 saturated heterocycles. The van der Waals surface area contributed by atoms with Crippen molar-refractivity contribution in [3.8, 4) is 11.3 Å². The number of pyridine rings is 1. The summed E-state index contributed by atoms with van der Waals surface area (Å²) in [5.74, 6) is -0.296. The zero-order valence-corrected chi connectivity index (χ0v) is 9.29. The van der Waals surface area contributed by atoms with Crippen LogP contribution in [0, 0.1) is 19.7 Å². The standard InChI is InChI=1S/C13H13FN2/c1-8-3-4-11(14)10(7-8)13-12(15)9(2)5-6-16-13/h3-7H,15H2,1-2H3. The summed E-state index contributed by atoms with van der Waals surface area (Å²) in [6, 6.07) is 6.74. The van der Waals surface area contributed by atoms with Crippen molar-refractivity contribution in [3.63, 3.8) is 0 Å². The van der Waals surface area contributed by atoms with Gasteiger partial charge in [-0.1, -0.05) is 11.6 Å². The van der Waals surface area contributed by atoms with E-state index in [1.54, 1.807) is 18.3 Å². The normalized spacial score (nSPS) is 10.4. The van der Waals surface area contributed by atoms with E-state index in [1.807, 2.05) is 19.9 Å². The highest BCUT2D eigenvalue weighted by atomic mass is 19.1. The van der Waals surface area contributed by atoms with Gasteiger partial charge in [-0.3, -0.25) is 4.98 Å². The summed E-state index contributed by atoms with van der Waals surface area (Å²) in [6.45, 7) is 3.79. The molecule has 2 N–H and O–H groups in total. The molecular weight excluding hydrogens is 203 g/mol. The first-order valence-corrected chi connectivity index (χ1v) is 5.07. The predicted molar refractivity (Wildman–Crippen MR) is 63.5 cm³/mol. The lowest BCUT2D eigenvalue weighted by Gasteiger charge is -2.08. The first kappa shape index (κ1) is 10.6. The number of hydrogen-bond acceptors (Lipinski definition) is 2. The molecule has 0 aliphatic rings. The zero-order chi connectivity index (χ0) is 11.7. The van der Waals surface area contributed by atoms with Gasteiger partial charge in [0.25, 0.3) is 0 Å². The lowest BCUT2D eigenvalue weighted by atomic mass is 10.0. The smallest absolute Gasteiger partial charge is 0.132 e. The van der Waals surface area contributed by atoms with Gasteiger partial charge < -0.3 is 5.73 Å². The Bertz CT molecular complexity index is 535. The number of hydrogen-bond donors (Lipinski definition) is 1. The number of anilines is 1. The molecule has 0 radical (unpaired) electrons. The van der Waals surface area contributed by atoms with E-state index < -0.39 is 0 Å². The number of nitrogens with two attached hydrogens (primary N) is 1. The molecule has 1 aromatic heterocycles. The van der Waals surface area contributed by atoms with E-state index in [2.05, 4.69) is 4.98 Å². The van der Waals surface area contributed by atoms with Gasteiger partial charge in [0, 0.05) is 11.8 Å². The van der Waals surface area contributed by atoms with E-state index in [9.17, 15) is 4.39 Å². The number of rotatable bonds is 1. The van der Waals surface area contributed by atoms with Gasteiger partial charge in [0.2, 0.25) is 0 Å². The first-order chi connectivity index (χ1) is 7.59. The van der Waals surface area contributed by atoms with E-state index >= 15 is 0 Å². The summed E-state index contributed by atoms with van der Waals surface area (Å²) in [7, 11) is 0. The van der Waals surface area contributed by atoms with Gasteiger partial charge in [0.05, 0.1) is 11.4 Å². The number of aromatic nitrogens is 1. The Kier molecular flexibility index (Phi) is 2.60. The minimum absolute atomic E-state index is 0.296. The summed E-state index contributed by atoms with van der Waals surface area (Å²) >= 11 is 0. The van der Waals surface area contributed by atoms with E-state index in [0.717, 1.165) is 11.1 Å². The van der Waals surface area contributed by atoms with Gasteiger partial charge in [-0.05, 0) is 37.6 Å². The van der Waals surface area contributed by atoms with Crippen molar-refractivity contribution >= 4 is 5.69 Å².